The van der Waals surface area contributed by atoms with Crippen molar-refractivity contribution in [3.63, 3.8) is 0 Å². The summed E-state index contributed by atoms with van der Waals surface area (Å²) in [6.07, 6.45) is 0. The molecule has 0 radical (unpaired) electrons. The molecule has 4 heteroatoms. The largest absolute Gasteiger partial charge is 0.309 e. The summed E-state index contributed by atoms with van der Waals surface area (Å²) in [7, 11) is 1.66. The SMILES string of the molecule is CNC(c1ccc(F)c(F)c1F)c1c(C)cccc1C. The molecule has 0 heterocycles. The predicted molar refractivity (Wildman–Crippen MR) is 73.1 cm³/mol. The molecule has 20 heavy (non-hydrogen) atoms. The summed E-state index contributed by atoms with van der Waals surface area (Å²) >= 11 is 0. The third kappa shape index (κ3) is 2.43. The highest BCUT2D eigenvalue weighted by Gasteiger charge is 2.23. The smallest absolute Gasteiger partial charge is 0.194 e. The molecule has 0 saturated carbocycles. The summed E-state index contributed by atoms with van der Waals surface area (Å²) in [5, 5.41) is 2.97. The molecule has 2 aromatic rings. The molecular formula is C16H16F3N. The Morgan fingerprint density at radius 3 is 2.05 bits per heavy atom. The van der Waals surface area contributed by atoms with Crippen LogP contribution in [0.3, 0.4) is 0 Å². The van der Waals surface area contributed by atoms with Crippen LogP contribution in [0, 0.1) is 31.3 Å². The van der Waals surface area contributed by atoms with Gasteiger partial charge in [0.25, 0.3) is 0 Å². The molecule has 1 N–H and O–H groups in total. The van der Waals surface area contributed by atoms with Gasteiger partial charge in [-0.2, -0.15) is 0 Å². The summed E-state index contributed by atoms with van der Waals surface area (Å²) in [5.74, 6) is -3.76. The minimum atomic E-state index is -1.44. The van der Waals surface area contributed by atoms with Crippen molar-refractivity contribution < 1.29 is 13.2 Å². The van der Waals surface area contributed by atoms with Crippen molar-refractivity contribution in [2.45, 2.75) is 19.9 Å². The molecule has 1 unspecified atom stereocenters. The normalized spacial score (nSPS) is 12.5. The second-order valence-corrected chi connectivity index (χ2v) is 4.79. The Morgan fingerprint density at radius 2 is 1.50 bits per heavy atom. The van der Waals surface area contributed by atoms with Crippen LogP contribution >= 0.6 is 0 Å². The third-order valence-corrected chi connectivity index (χ3v) is 3.50. The molecule has 0 aliphatic carbocycles. The fraction of sp³-hybridized carbons (Fsp3) is 0.250. The fourth-order valence-corrected chi connectivity index (χ4v) is 2.50. The lowest BCUT2D eigenvalue weighted by molar-refractivity contribution is 0.435. The summed E-state index contributed by atoms with van der Waals surface area (Å²) in [5.41, 5.74) is 2.91. The predicted octanol–water partition coefficient (Wildman–Crippen LogP) is 4.03. The maximum Gasteiger partial charge on any atom is 0.194 e. The fourth-order valence-electron chi connectivity index (χ4n) is 2.50. The monoisotopic (exact) mass is 279 g/mol. The highest BCUT2D eigenvalue weighted by molar-refractivity contribution is 5.42. The number of benzene rings is 2. The van der Waals surface area contributed by atoms with E-state index >= 15 is 0 Å². The average Bonchev–Trinajstić information content (AvgIpc) is 2.42. The molecule has 106 valence electrons. The van der Waals surface area contributed by atoms with Crippen LogP contribution in [-0.2, 0) is 0 Å². The number of hydrogen-bond donors (Lipinski definition) is 1. The second-order valence-electron chi connectivity index (χ2n) is 4.79. The van der Waals surface area contributed by atoms with Gasteiger partial charge in [-0.3, -0.25) is 0 Å². The van der Waals surface area contributed by atoms with Crippen LogP contribution in [0.2, 0.25) is 0 Å². The average molecular weight is 279 g/mol. The molecule has 0 aliphatic rings. The molecule has 2 rings (SSSR count). The van der Waals surface area contributed by atoms with E-state index in [1.54, 1.807) is 7.05 Å². The van der Waals surface area contributed by atoms with Gasteiger partial charge in [0.2, 0.25) is 0 Å². The van der Waals surface area contributed by atoms with E-state index in [1.807, 2.05) is 32.0 Å². The van der Waals surface area contributed by atoms with Crippen molar-refractivity contribution in [3.05, 3.63) is 70.0 Å². The van der Waals surface area contributed by atoms with Gasteiger partial charge in [-0.25, -0.2) is 13.2 Å². The highest BCUT2D eigenvalue weighted by Crippen LogP contribution is 2.30. The lowest BCUT2D eigenvalue weighted by Gasteiger charge is -2.22. The first-order valence-electron chi connectivity index (χ1n) is 6.34. The van der Waals surface area contributed by atoms with Gasteiger partial charge in [0.05, 0.1) is 6.04 Å². The Labute approximate surface area is 116 Å². The van der Waals surface area contributed by atoms with Gasteiger partial charge >= 0.3 is 0 Å². The third-order valence-electron chi connectivity index (χ3n) is 3.50. The van der Waals surface area contributed by atoms with E-state index in [0.717, 1.165) is 22.8 Å². The zero-order valence-electron chi connectivity index (χ0n) is 11.6. The number of halogens is 3. The van der Waals surface area contributed by atoms with Gasteiger partial charge in [-0.05, 0) is 43.7 Å². The minimum Gasteiger partial charge on any atom is -0.309 e. The van der Waals surface area contributed by atoms with Gasteiger partial charge < -0.3 is 5.32 Å². The Bertz CT molecular complexity index is 618. The number of hydrogen-bond acceptors (Lipinski definition) is 1. The second kappa shape index (κ2) is 5.67. The van der Waals surface area contributed by atoms with Crippen molar-refractivity contribution in [2.24, 2.45) is 0 Å². The van der Waals surface area contributed by atoms with Crippen molar-refractivity contribution in [3.8, 4) is 0 Å². The van der Waals surface area contributed by atoms with E-state index in [9.17, 15) is 13.2 Å². The van der Waals surface area contributed by atoms with Gasteiger partial charge in [-0.15, -0.1) is 0 Å². The molecule has 0 aliphatic heterocycles. The Morgan fingerprint density at radius 1 is 0.900 bits per heavy atom. The molecule has 0 aromatic heterocycles. The van der Waals surface area contributed by atoms with E-state index in [1.165, 1.54) is 6.07 Å². The summed E-state index contributed by atoms with van der Waals surface area (Å²) in [4.78, 5) is 0. The maximum atomic E-state index is 14.0. The van der Waals surface area contributed by atoms with E-state index in [-0.39, 0.29) is 5.56 Å². The van der Waals surface area contributed by atoms with Crippen molar-refractivity contribution in [1.29, 1.82) is 0 Å². The van der Waals surface area contributed by atoms with E-state index in [4.69, 9.17) is 0 Å². The number of aryl methyl sites for hydroxylation is 2. The number of rotatable bonds is 3. The topological polar surface area (TPSA) is 12.0 Å². The van der Waals surface area contributed by atoms with Gasteiger partial charge in [0.15, 0.2) is 17.5 Å². The van der Waals surface area contributed by atoms with Crippen molar-refractivity contribution in [2.75, 3.05) is 7.05 Å². The lowest BCUT2D eigenvalue weighted by Crippen LogP contribution is -2.21. The van der Waals surface area contributed by atoms with Crippen LogP contribution in [0.15, 0.2) is 30.3 Å². The summed E-state index contributed by atoms with van der Waals surface area (Å²) in [6.45, 7) is 3.81. The van der Waals surface area contributed by atoms with E-state index in [2.05, 4.69) is 5.32 Å². The minimum absolute atomic E-state index is 0.101. The van der Waals surface area contributed by atoms with Crippen LogP contribution in [-0.4, -0.2) is 7.05 Å². The molecule has 0 fully saturated rings. The molecule has 0 amide bonds. The van der Waals surface area contributed by atoms with Gasteiger partial charge in [0, 0.05) is 5.56 Å². The van der Waals surface area contributed by atoms with Crippen LogP contribution in [0.1, 0.15) is 28.3 Å². The first kappa shape index (κ1) is 14.6. The summed E-state index contributed by atoms with van der Waals surface area (Å²) < 4.78 is 40.5. The zero-order valence-corrected chi connectivity index (χ0v) is 11.6. The Hall–Kier alpha value is -1.81. The van der Waals surface area contributed by atoms with Crippen LogP contribution in [0.5, 0.6) is 0 Å². The molecular weight excluding hydrogens is 263 g/mol. The molecule has 0 spiro atoms. The molecule has 1 nitrogen and oxygen atoms in total. The van der Waals surface area contributed by atoms with Crippen molar-refractivity contribution >= 4 is 0 Å². The maximum absolute atomic E-state index is 14.0. The van der Waals surface area contributed by atoms with Crippen LogP contribution in [0.4, 0.5) is 13.2 Å². The van der Waals surface area contributed by atoms with Crippen LogP contribution in [0.25, 0.3) is 0 Å². The lowest BCUT2D eigenvalue weighted by atomic mass is 9.91. The van der Waals surface area contributed by atoms with E-state index < -0.39 is 23.5 Å². The Kier molecular flexibility index (Phi) is 4.14. The van der Waals surface area contributed by atoms with Gasteiger partial charge in [-0.1, -0.05) is 24.3 Å². The molecule has 0 saturated heterocycles. The standard InChI is InChI=1S/C16H16F3N/c1-9-5-4-6-10(2)13(9)16(20-3)11-7-8-12(17)15(19)14(11)18/h4-8,16,20H,1-3H3. The highest BCUT2D eigenvalue weighted by atomic mass is 19.2. The Balaban J connectivity index is 2.62. The van der Waals surface area contributed by atoms with Crippen LogP contribution < -0.4 is 5.32 Å². The molecule has 0 bridgehead atoms. The van der Waals surface area contributed by atoms with E-state index in [0.29, 0.717) is 0 Å². The summed E-state index contributed by atoms with van der Waals surface area (Å²) in [6, 6.07) is 7.43. The first-order chi connectivity index (χ1) is 9.47. The zero-order chi connectivity index (χ0) is 14.9. The van der Waals surface area contributed by atoms with Crippen molar-refractivity contribution in [1.82, 2.24) is 5.32 Å². The first-order valence-corrected chi connectivity index (χ1v) is 6.34. The van der Waals surface area contributed by atoms with Gasteiger partial charge in [0.1, 0.15) is 0 Å². The molecule has 1 atom stereocenters. The number of nitrogens with one attached hydrogen (secondary N) is 1. The quantitative estimate of drug-likeness (QED) is 0.836. The molecule has 2 aromatic carbocycles.